The number of ether oxygens (including phenoxy) is 1. The number of H-pyrrole nitrogens is 1. The maximum Gasteiger partial charge on any atom is 0.255 e. The van der Waals surface area contributed by atoms with E-state index < -0.39 is 0 Å². The van der Waals surface area contributed by atoms with Crippen LogP contribution in [0.3, 0.4) is 0 Å². The number of halogens is 1. The number of piperidine rings is 1. The molecule has 2 aliphatic rings. The van der Waals surface area contributed by atoms with Crippen LogP contribution in [-0.4, -0.2) is 99.4 Å². The molecule has 0 bridgehead atoms. The van der Waals surface area contributed by atoms with E-state index in [-0.39, 0.29) is 30.5 Å². The minimum atomic E-state index is -0.301. The summed E-state index contributed by atoms with van der Waals surface area (Å²) in [4.78, 5) is 49.2. The lowest BCUT2D eigenvalue weighted by Gasteiger charge is -2.31. The van der Waals surface area contributed by atoms with Crippen LogP contribution < -0.4 is 10.3 Å². The van der Waals surface area contributed by atoms with Crippen molar-refractivity contribution in [1.82, 2.24) is 54.3 Å². The summed E-state index contributed by atoms with van der Waals surface area (Å²) in [5.74, 6) is 1.23. The topological polar surface area (TPSA) is 175 Å². The van der Waals surface area contributed by atoms with Crippen LogP contribution in [0.15, 0.2) is 125 Å². The van der Waals surface area contributed by atoms with Crippen LogP contribution in [0.2, 0.25) is 0 Å². The second-order valence-electron chi connectivity index (χ2n) is 15.7. The van der Waals surface area contributed by atoms with E-state index in [4.69, 9.17) is 14.1 Å². The van der Waals surface area contributed by atoms with Crippen molar-refractivity contribution in [2.45, 2.75) is 65.0 Å². The molecule has 10 rings (SSSR count). The lowest BCUT2D eigenvalue weighted by Crippen LogP contribution is -2.39. The Hall–Kier alpha value is -7.69. The fourth-order valence-corrected chi connectivity index (χ4v) is 8.38. The third-order valence-electron chi connectivity index (χ3n) is 11.7. The van der Waals surface area contributed by atoms with Crippen LogP contribution in [0, 0.1) is 5.82 Å². The Kier molecular flexibility index (Phi) is 14.2. The van der Waals surface area contributed by atoms with Crippen molar-refractivity contribution in [2.24, 2.45) is 0 Å². The minimum Gasteiger partial charge on any atom is -0.496 e. The normalized spacial score (nSPS) is 14.8. The molecule has 8 aromatic rings. The lowest BCUT2D eigenvalue weighted by molar-refractivity contribution is -0.133. The van der Waals surface area contributed by atoms with Crippen LogP contribution >= 0.6 is 0 Å². The zero-order valence-electron chi connectivity index (χ0n) is 37.2. The van der Waals surface area contributed by atoms with Gasteiger partial charge in [-0.15, -0.1) is 10.2 Å². The number of carbonyl (C=O) groups excluding carboxylic acids is 2. The van der Waals surface area contributed by atoms with Gasteiger partial charge in [0, 0.05) is 81.6 Å². The van der Waals surface area contributed by atoms with Crippen molar-refractivity contribution >= 4 is 39.4 Å². The first-order valence-corrected chi connectivity index (χ1v) is 22.3. The highest BCUT2D eigenvalue weighted by Gasteiger charge is 2.29. The van der Waals surface area contributed by atoms with Crippen molar-refractivity contribution in [1.29, 1.82) is 0 Å². The van der Waals surface area contributed by atoms with E-state index in [9.17, 15) is 14.4 Å². The number of hydrogen-bond donors (Lipinski definition) is 1. The van der Waals surface area contributed by atoms with Crippen LogP contribution in [-0.2, 0) is 22.7 Å². The summed E-state index contributed by atoms with van der Waals surface area (Å²) in [7, 11) is 1.63. The van der Waals surface area contributed by atoms with Gasteiger partial charge in [-0.05, 0) is 61.2 Å². The number of nitrogens with zero attached hydrogens (tertiary/aromatic N) is 10. The van der Waals surface area contributed by atoms with Crippen LogP contribution in [0.25, 0.3) is 44.4 Å². The molecular weight excluding hydrogens is 842 g/mol. The van der Waals surface area contributed by atoms with Crippen LogP contribution in [0.4, 0.5) is 4.39 Å². The Morgan fingerprint density at radius 3 is 2.32 bits per heavy atom. The SMILES string of the molecule is CC.COc1ccccc1-c1cccc2c(F)c(C3=CCCN(C(=O)CCn4ccnn4)C3)[nH]c12.O=C(CCn1ccnn1)N1CCC[C@@H](c2nc3cc(-n4ccccc4=O)ccc3o2)C1.[HH]. The summed E-state index contributed by atoms with van der Waals surface area (Å²) in [6.07, 6.45) is 13.6. The van der Waals surface area contributed by atoms with Gasteiger partial charge >= 0.3 is 0 Å². The molecule has 0 saturated carbocycles. The van der Waals surface area contributed by atoms with Crippen molar-refractivity contribution in [3.8, 4) is 22.6 Å². The number of nitrogens with one attached hydrogen (secondary N) is 1. The highest BCUT2D eigenvalue weighted by Crippen LogP contribution is 2.38. The third-order valence-corrected chi connectivity index (χ3v) is 11.7. The van der Waals surface area contributed by atoms with Gasteiger partial charge in [0.2, 0.25) is 11.8 Å². The summed E-state index contributed by atoms with van der Waals surface area (Å²) in [5, 5.41) is 15.8. The third kappa shape index (κ3) is 9.99. The molecule has 7 heterocycles. The summed E-state index contributed by atoms with van der Waals surface area (Å²) in [6, 6.07) is 23.9. The van der Waals surface area contributed by atoms with Gasteiger partial charge in [0.25, 0.3) is 5.56 Å². The molecule has 1 fully saturated rings. The number of methoxy groups -OCH3 is 1. The Morgan fingerprint density at radius 2 is 1.59 bits per heavy atom. The molecule has 1 atom stereocenters. The molecule has 16 nitrogen and oxygen atoms in total. The summed E-state index contributed by atoms with van der Waals surface area (Å²) in [6.45, 7) is 7.31. The zero-order valence-corrected chi connectivity index (χ0v) is 37.2. The van der Waals surface area contributed by atoms with E-state index in [1.54, 1.807) is 69.1 Å². The first-order valence-electron chi connectivity index (χ1n) is 22.3. The van der Waals surface area contributed by atoms with Gasteiger partial charge in [-0.25, -0.2) is 9.37 Å². The van der Waals surface area contributed by atoms with E-state index in [2.05, 4.69) is 25.6 Å². The van der Waals surface area contributed by atoms with Crippen molar-refractivity contribution in [3.63, 3.8) is 0 Å². The standard InChI is InChI=1S/C25H24FN5O2.C22H22N6O3.C2H6.H2/c1-33-21-10-3-2-7-18(21)19-8-4-9-20-23(26)24(28-25(19)20)17-6-5-13-30(16-17)22(32)11-14-31-15-12-27-29-31;29-20(8-12-27-13-9-23-25-27)26-10-3-4-16(15-26)22-24-18-14-17(6-7-19(18)31-22)28-11-2-1-5-21(28)30;1-2;/h2-4,6-10,12,15,28H,5,11,13-14,16H2,1H3;1-2,5-7,9,11,13-14,16H,3-4,8,10,12,15H2;1-2H3;1H/t;16-;;/m.1../s1. The Bertz CT molecular complexity index is 3000. The monoisotopic (exact) mass is 895 g/mol. The Balaban J connectivity index is 0.000000189. The molecule has 0 unspecified atom stereocenters. The number of carbonyl (C=O) groups is 2. The van der Waals surface area contributed by atoms with Gasteiger partial charge in [-0.2, -0.15) is 0 Å². The highest BCUT2D eigenvalue weighted by molar-refractivity contribution is 5.98. The van der Waals surface area contributed by atoms with Crippen LogP contribution in [0.5, 0.6) is 5.75 Å². The number of pyridine rings is 1. The lowest BCUT2D eigenvalue weighted by atomic mass is 9.97. The van der Waals surface area contributed by atoms with E-state index in [0.29, 0.717) is 85.6 Å². The van der Waals surface area contributed by atoms with Gasteiger partial charge in [-0.1, -0.05) is 66.7 Å². The average Bonchev–Trinajstić information content (AvgIpc) is 4.22. The van der Waals surface area contributed by atoms with Gasteiger partial charge < -0.3 is 23.9 Å². The number of likely N-dealkylation sites (tertiary alicyclic amines) is 1. The molecule has 0 radical (unpaired) electrons. The number of amides is 2. The smallest absolute Gasteiger partial charge is 0.255 e. The molecule has 17 heteroatoms. The highest BCUT2D eigenvalue weighted by atomic mass is 19.1. The molecule has 2 aliphatic heterocycles. The second-order valence-corrected chi connectivity index (χ2v) is 15.7. The van der Waals surface area contributed by atoms with Gasteiger partial charge in [-0.3, -0.25) is 28.3 Å². The minimum absolute atomic E-state index is 0. The van der Waals surface area contributed by atoms with Crippen LogP contribution in [0.1, 0.15) is 64.9 Å². The van der Waals surface area contributed by atoms with Crippen molar-refractivity contribution in [3.05, 3.63) is 144 Å². The largest absolute Gasteiger partial charge is 0.496 e. The number of aromatic amines is 1. The van der Waals surface area contributed by atoms with E-state index in [1.165, 1.54) is 6.07 Å². The molecule has 0 aliphatic carbocycles. The summed E-state index contributed by atoms with van der Waals surface area (Å²) >= 11 is 0. The summed E-state index contributed by atoms with van der Waals surface area (Å²) < 4.78 is 31.9. The molecule has 0 spiro atoms. The molecule has 3 aromatic carbocycles. The molecular formula is C49H54FN11O5. The molecule has 1 saturated heterocycles. The molecule has 2 amide bonds. The number of para-hydroxylation sites is 2. The molecule has 1 N–H and O–H groups in total. The van der Waals surface area contributed by atoms with Crippen molar-refractivity contribution < 1.29 is 24.6 Å². The molecule has 342 valence electrons. The fraction of sp³-hybridized carbons (Fsp3) is 0.306. The Labute approximate surface area is 381 Å². The number of fused-ring (bicyclic) bond motifs is 2. The zero-order chi connectivity index (χ0) is 46.0. The maximum atomic E-state index is 15.5. The quantitative estimate of drug-likeness (QED) is 0.134. The summed E-state index contributed by atoms with van der Waals surface area (Å²) in [5.41, 5.74) is 5.72. The first kappa shape index (κ1) is 44.9. The average molecular weight is 896 g/mol. The predicted molar refractivity (Wildman–Crippen MR) is 250 cm³/mol. The van der Waals surface area contributed by atoms with Crippen molar-refractivity contribution in [2.75, 3.05) is 33.3 Å². The van der Waals surface area contributed by atoms with Gasteiger partial charge in [0.05, 0.1) is 55.4 Å². The Morgan fingerprint density at radius 1 is 0.864 bits per heavy atom. The number of rotatable bonds is 11. The number of aromatic nitrogens is 9. The number of hydrogen-bond acceptors (Lipinski definition) is 10. The van der Waals surface area contributed by atoms with E-state index in [0.717, 1.165) is 47.5 Å². The molecule has 66 heavy (non-hydrogen) atoms. The first-order chi connectivity index (χ1) is 32.3. The van der Waals surface area contributed by atoms with Gasteiger partial charge in [0.1, 0.15) is 11.3 Å². The fourth-order valence-electron chi connectivity index (χ4n) is 8.38. The molecule has 5 aromatic heterocycles. The van der Waals surface area contributed by atoms with Gasteiger partial charge in [0.15, 0.2) is 17.3 Å². The van der Waals surface area contributed by atoms with E-state index in [1.807, 2.05) is 85.5 Å². The second kappa shape index (κ2) is 20.9. The number of oxazole rings is 1. The van der Waals surface area contributed by atoms with E-state index >= 15 is 4.39 Å². The number of benzene rings is 3. The predicted octanol–water partition coefficient (Wildman–Crippen LogP) is 7.92. The number of aryl methyl sites for hydroxylation is 2. The maximum absolute atomic E-state index is 15.5.